The summed E-state index contributed by atoms with van der Waals surface area (Å²) in [6.07, 6.45) is 2.82. The Bertz CT molecular complexity index is 682. The normalized spacial score (nSPS) is 10.8. The van der Waals surface area contributed by atoms with E-state index in [0.29, 0.717) is 11.6 Å². The van der Waals surface area contributed by atoms with E-state index in [2.05, 4.69) is 48.5 Å². The van der Waals surface area contributed by atoms with Crippen LogP contribution in [0.4, 0.5) is 11.4 Å². The monoisotopic (exact) mass is 325 g/mol. The predicted molar refractivity (Wildman–Crippen MR) is 101 cm³/mol. The molecular formula is C20H27N3O. The minimum absolute atomic E-state index is 0.182. The van der Waals surface area contributed by atoms with Crippen molar-refractivity contribution in [2.45, 2.75) is 41.0 Å². The van der Waals surface area contributed by atoms with Crippen LogP contribution in [0, 0.1) is 26.7 Å². The molecule has 2 N–H and O–H groups in total. The summed E-state index contributed by atoms with van der Waals surface area (Å²) in [5, 5.41) is 6.30. The largest absolute Gasteiger partial charge is 0.384 e. The summed E-state index contributed by atoms with van der Waals surface area (Å²) in [6, 6.07) is 7.79. The minimum Gasteiger partial charge on any atom is -0.384 e. The molecule has 2 aromatic rings. The molecule has 0 aliphatic carbocycles. The average molecular weight is 325 g/mol. The average Bonchev–Trinajstić information content (AvgIpc) is 2.51. The van der Waals surface area contributed by atoms with Crippen molar-refractivity contribution < 1.29 is 4.79 Å². The van der Waals surface area contributed by atoms with Gasteiger partial charge in [-0.05, 0) is 56.4 Å². The van der Waals surface area contributed by atoms with Crippen LogP contribution in [0.5, 0.6) is 0 Å². The molecule has 4 nitrogen and oxygen atoms in total. The molecule has 0 saturated heterocycles. The van der Waals surface area contributed by atoms with Crippen molar-refractivity contribution >= 4 is 17.3 Å². The molecule has 0 spiro atoms. The molecule has 4 heteroatoms. The van der Waals surface area contributed by atoms with Gasteiger partial charge in [-0.25, -0.2) is 4.98 Å². The summed E-state index contributed by atoms with van der Waals surface area (Å²) in [6.45, 7) is 11.4. The van der Waals surface area contributed by atoms with Gasteiger partial charge < -0.3 is 10.6 Å². The molecule has 1 amide bonds. The Hall–Kier alpha value is -2.36. The molecule has 128 valence electrons. The molecule has 0 aliphatic rings. The Morgan fingerprint density at radius 3 is 2.33 bits per heavy atom. The third-order valence-electron chi connectivity index (χ3n) is 3.96. The minimum atomic E-state index is -0.182. The number of aryl methyl sites for hydroxylation is 3. The fraction of sp³-hybridized carbons (Fsp3) is 0.400. The van der Waals surface area contributed by atoms with Gasteiger partial charge >= 0.3 is 0 Å². The van der Waals surface area contributed by atoms with Crippen molar-refractivity contribution in [1.29, 1.82) is 0 Å². The summed E-state index contributed by atoms with van der Waals surface area (Å²) < 4.78 is 0. The van der Waals surface area contributed by atoms with Gasteiger partial charge in [0.1, 0.15) is 5.69 Å². The number of benzene rings is 1. The second-order valence-electron chi connectivity index (χ2n) is 6.77. The maximum Gasteiger partial charge on any atom is 0.274 e. The molecule has 0 bridgehead atoms. The SMILES string of the molecule is Cc1cc(C)c(NC(=O)c2ccc(NCCC(C)C)cn2)c(C)c1. The Morgan fingerprint density at radius 1 is 1.12 bits per heavy atom. The number of carbonyl (C=O) groups is 1. The van der Waals surface area contributed by atoms with Gasteiger partial charge in [0.05, 0.1) is 11.9 Å². The van der Waals surface area contributed by atoms with Crippen LogP contribution in [0.1, 0.15) is 47.4 Å². The summed E-state index contributed by atoms with van der Waals surface area (Å²) in [5.41, 5.74) is 5.55. The lowest BCUT2D eigenvalue weighted by Crippen LogP contribution is -2.15. The van der Waals surface area contributed by atoms with Gasteiger partial charge in [0.2, 0.25) is 0 Å². The van der Waals surface area contributed by atoms with E-state index >= 15 is 0 Å². The first-order valence-corrected chi connectivity index (χ1v) is 8.46. The fourth-order valence-corrected chi connectivity index (χ4v) is 2.69. The van der Waals surface area contributed by atoms with Gasteiger partial charge in [0.15, 0.2) is 0 Å². The summed E-state index contributed by atoms with van der Waals surface area (Å²) in [5.74, 6) is 0.482. The number of hydrogen-bond acceptors (Lipinski definition) is 3. The van der Waals surface area contributed by atoms with E-state index in [1.54, 1.807) is 12.3 Å². The van der Waals surface area contributed by atoms with E-state index in [4.69, 9.17) is 0 Å². The highest BCUT2D eigenvalue weighted by Gasteiger charge is 2.11. The fourth-order valence-electron chi connectivity index (χ4n) is 2.69. The molecule has 1 aromatic carbocycles. The zero-order chi connectivity index (χ0) is 17.7. The van der Waals surface area contributed by atoms with Gasteiger partial charge in [-0.2, -0.15) is 0 Å². The predicted octanol–water partition coefficient (Wildman–Crippen LogP) is 4.72. The lowest BCUT2D eigenvalue weighted by molar-refractivity contribution is 0.102. The lowest BCUT2D eigenvalue weighted by Gasteiger charge is -2.13. The molecule has 24 heavy (non-hydrogen) atoms. The maximum absolute atomic E-state index is 12.4. The number of nitrogens with zero attached hydrogens (tertiary/aromatic N) is 1. The number of hydrogen-bond donors (Lipinski definition) is 2. The van der Waals surface area contributed by atoms with E-state index in [1.807, 2.05) is 19.9 Å². The highest BCUT2D eigenvalue weighted by atomic mass is 16.1. The molecule has 0 aliphatic heterocycles. The van der Waals surface area contributed by atoms with Gasteiger partial charge in [-0.1, -0.05) is 31.5 Å². The topological polar surface area (TPSA) is 54.0 Å². The van der Waals surface area contributed by atoms with Gasteiger partial charge in [-0.15, -0.1) is 0 Å². The van der Waals surface area contributed by atoms with Gasteiger partial charge in [-0.3, -0.25) is 4.79 Å². The first-order valence-electron chi connectivity index (χ1n) is 8.46. The van der Waals surface area contributed by atoms with Crippen LogP contribution in [0.3, 0.4) is 0 Å². The quantitative estimate of drug-likeness (QED) is 0.808. The molecule has 0 saturated carbocycles. The van der Waals surface area contributed by atoms with Crippen molar-refractivity contribution in [3.8, 4) is 0 Å². The summed E-state index contributed by atoms with van der Waals surface area (Å²) in [7, 11) is 0. The van der Waals surface area contributed by atoms with Crippen molar-refractivity contribution in [2.75, 3.05) is 17.2 Å². The zero-order valence-electron chi connectivity index (χ0n) is 15.2. The maximum atomic E-state index is 12.4. The van der Waals surface area contributed by atoms with E-state index < -0.39 is 0 Å². The molecular weight excluding hydrogens is 298 g/mol. The third-order valence-corrected chi connectivity index (χ3v) is 3.96. The molecule has 0 atom stereocenters. The number of amides is 1. The molecule has 0 fully saturated rings. The summed E-state index contributed by atoms with van der Waals surface area (Å²) in [4.78, 5) is 16.7. The van der Waals surface area contributed by atoms with Crippen molar-refractivity contribution in [2.24, 2.45) is 5.92 Å². The highest BCUT2D eigenvalue weighted by molar-refractivity contribution is 6.03. The number of nitrogens with one attached hydrogen (secondary N) is 2. The third kappa shape index (κ3) is 4.82. The molecule has 0 radical (unpaired) electrons. The second kappa shape index (κ2) is 7.95. The Kier molecular flexibility index (Phi) is 5.96. The Labute approximate surface area is 144 Å². The smallest absolute Gasteiger partial charge is 0.274 e. The Balaban J connectivity index is 2.03. The summed E-state index contributed by atoms with van der Waals surface area (Å²) >= 11 is 0. The van der Waals surface area contributed by atoms with E-state index in [9.17, 15) is 4.79 Å². The number of rotatable bonds is 6. The number of pyridine rings is 1. The molecule has 0 unspecified atom stereocenters. The van der Waals surface area contributed by atoms with Crippen molar-refractivity contribution in [3.05, 3.63) is 52.8 Å². The van der Waals surface area contributed by atoms with E-state index in [1.165, 1.54) is 5.56 Å². The van der Waals surface area contributed by atoms with Gasteiger partial charge in [0.25, 0.3) is 5.91 Å². The number of carbonyl (C=O) groups excluding carboxylic acids is 1. The molecule has 2 rings (SSSR count). The number of aromatic nitrogens is 1. The van der Waals surface area contributed by atoms with Crippen LogP contribution in [-0.4, -0.2) is 17.4 Å². The van der Waals surface area contributed by atoms with Gasteiger partial charge in [0, 0.05) is 12.2 Å². The van der Waals surface area contributed by atoms with Crippen LogP contribution in [0.25, 0.3) is 0 Å². The van der Waals surface area contributed by atoms with Crippen LogP contribution in [0.2, 0.25) is 0 Å². The second-order valence-corrected chi connectivity index (χ2v) is 6.77. The highest BCUT2D eigenvalue weighted by Crippen LogP contribution is 2.22. The van der Waals surface area contributed by atoms with Crippen LogP contribution in [0.15, 0.2) is 30.5 Å². The van der Waals surface area contributed by atoms with Crippen molar-refractivity contribution in [3.63, 3.8) is 0 Å². The Morgan fingerprint density at radius 2 is 1.79 bits per heavy atom. The molecule has 1 aromatic heterocycles. The number of anilines is 2. The van der Waals surface area contributed by atoms with E-state index in [-0.39, 0.29) is 5.91 Å². The zero-order valence-corrected chi connectivity index (χ0v) is 15.2. The molecule has 1 heterocycles. The van der Waals surface area contributed by atoms with Crippen LogP contribution >= 0.6 is 0 Å². The van der Waals surface area contributed by atoms with Crippen molar-refractivity contribution in [1.82, 2.24) is 4.98 Å². The first-order chi connectivity index (χ1) is 11.4. The first kappa shape index (κ1) is 18.0. The standard InChI is InChI=1S/C20H27N3O/c1-13(2)8-9-21-17-6-7-18(22-12-17)20(24)23-19-15(4)10-14(3)11-16(19)5/h6-7,10-13,21H,8-9H2,1-5H3,(H,23,24). The van der Waals surface area contributed by atoms with Crippen LogP contribution < -0.4 is 10.6 Å². The van der Waals surface area contributed by atoms with E-state index in [0.717, 1.165) is 35.5 Å². The van der Waals surface area contributed by atoms with Crippen LogP contribution in [-0.2, 0) is 0 Å². The lowest BCUT2D eigenvalue weighted by atomic mass is 10.0.